The number of aromatic nitrogens is 5. The van der Waals surface area contributed by atoms with Gasteiger partial charge in [0.1, 0.15) is 0 Å². The van der Waals surface area contributed by atoms with Crippen LogP contribution in [0.25, 0.3) is 17.3 Å². The van der Waals surface area contributed by atoms with Crippen LogP contribution in [0.2, 0.25) is 0 Å². The van der Waals surface area contributed by atoms with Gasteiger partial charge in [0.15, 0.2) is 11.5 Å². The Morgan fingerprint density at radius 1 is 1.37 bits per heavy atom. The minimum atomic E-state index is 0.451. The van der Waals surface area contributed by atoms with Gasteiger partial charge >= 0.3 is 0 Å². The molecule has 6 nitrogen and oxygen atoms in total. The molecule has 1 aliphatic carbocycles. The lowest BCUT2D eigenvalue weighted by Crippen LogP contribution is -2.06. The second-order valence-corrected chi connectivity index (χ2v) is 5.10. The second kappa shape index (κ2) is 4.60. The molecule has 0 saturated heterocycles. The van der Waals surface area contributed by atoms with E-state index in [1.807, 2.05) is 11.6 Å². The molecule has 0 amide bonds. The highest BCUT2D eigenvalue weighted by atomic mass is 16.5. The first-order valence-corrected chi connectivity index (χ1v) is 6.59. The Bertz CT molecular complexity index is 606. The van der Waals surface area contributed by atoms with E-state index in [1.165, 1.54) is 12.8 Å². The lowest BCUT2D eigenvalue weighted by molar-refractivity contribution is 0.423. The van der Waals surface area contributed by atoms with Gasteiger partial charge in [-0.05, 0) is 26.7 Å². The highest BCUT2D eigenvalue weighted by Gasteiger charge is 2.29. The molecule has 6 heteroatoms. The molecule has 0 atom stereocenters. The summed E-state index contributed by atoms with van der Waals surface area (Å²) in [6, 6.07) is 0. The van der Waals surface area contributed by atoms with Crippen LogP contribution >= 0.6 is 0 Å². The molecule has 1 aliphatic rings. The predicted octanol–water partition coefficient (Wildman–Crippen LogP) is 2.78. The minimum Gasteiger partial charge on any atom is -0.332 e. The van der Waals surface area contributed by atoms with Gasteiger partial charge in [-0.1, -0.05) is 29.8 Å². The Hall–Kier alpha value is -1.98. The van der Waals surface area contributed by atoms with Gasteiger partial charge in [0.25, 0.3) is 5.89 Å². The summed E-state index contributed by atoms with van der Waals surface area (Å²) in [6.07, 6.45) is 4.80. The fraction of sp³-hybridized carbons (Fsp3) is 0.538. The Kier molecular flexibility index (Phi) is 2.93. The fourth-order valence-corrected chi connectivity index (χ4v) is 2.68. The maximum Gasteiger partial charge on any atom is 0.280 e. The van der Waals surface area contributed by atoms with Crippen molar-refractivity contribution in [2.75, 3.05) is 0 Å². The number of rotatable bonds is 3. The van der Waals surface area contributed by atoms with Gasteiger partial charge in [0.05, 0.1) is 5.69 Å². The maximum atomic E-state index is 5.24. The summed E-state index contributed by atoms with van der Waals surface area (Å²) in [4.78, 5) is 4.26. The molecule has 2 heterocycles. The smallest absolute Gasteiger partial charge is 0.280 e. The van der Waals surface area contributed by atoms with Gasteiger partial charge in [0.2, 0.25) is 0 Å². The summed E-state index contributed by atoms with van der Waals surface area (Å²) in [6.45, 7) is 7.69. The van der Waals surface area contributed by atoms with E-state index in [-0.39, 0.29) is 0 Å². The molecule has 19 heavy (non-hydrogen) atoms. The SMILES string of the molecule is C=C(C)n1nnc(-c2nc(C)no2)c1C1CCCC1. The average Bonchev–Trinajstić information content (AvgIpc) is 3.06. The second-order valence-electron chi connectivity index (χ2n) is 5.10. The van der Waals surface area contributed by atoms with Crippen molar-refractivity contribution in [3.05, 3.63) is 18.1 Å². The zero-order valence-electron chi connectivity index (χ0n) is 11.3. The molecule has 1 saturated carbocycles. The molecule has 0 bridgehead atoms. The molecule has 3 rings (SSSR count). The maximum absolute atomic E-state index is 5.24. The van der Waals surface area contributed by atoms with Crippen molar-refractivity contribution in [3.8, 4) is 11.6 Å². The molecule has 0 aliphatic heterocycles. The van der Waals surface area contributed by atoms with Crippen LogP contribution in [-0.2, 0) is 0 Å². The third-order valence-electron chi connectivity index (χ3n) is 3.54. The molecular weight excluding hydrogens is 242 g/mol. The molecular formula is C13H17N5O. The van der Waals surface area contributed by atoms with Crippen molar-refractivity contribution < 1.29 is 4.52 Å². The summed E-state index contributed by atoms with van der Waals surface area (Å²) >= 11 is 0. The molecule has 2 aromatic rings. The fourth-order valence-electron chi connectivity index (χ4n) is 2.68. The van der Waals surface area contributed by atoms with Crippen LogP contribution in [0.1, 0.15) is 50.0 Å². The highest BCUT2D eigenvalue weighted by Crippen LogP contribution is 2.38. The quantitative estimate of drug-likeness (QED) is 0.847. The third-order valence-corrected chi connectivity index (χ3v) is 3.54. The van der Waals surface area contributed by atoms with Crippen LogP contribution in [0.5, 0.6) is 0 Å². The van der Waals surface area contributed by atoms with Gasteiger partial charge in [-0.3, -0.25) is 0 Å². The standard InChI is InChI=1S/C13H17N5O/c1-8(2)18-12(10-6-4-5-7-10)11(15-17-18)13-14-9(3)16-19-13/h10H,1,4-7H2,2-3H3. The van der Waals surface area contributed by atoms with Crippen molar-refractivity contribution in [1.29, 1.82) is 0 Å². The average molecular weight is 259 g/mol. The molecule has 1 fully saturated rings. The molecule has 100 valence electrons. The van der Waals surface area contributed by atoms with Gasteiger partial charge in [-0.2, -0.15) is 4.98 Å². The molecule has 0 aromatic carbocycles. The van der Waals surface area contributed by atoms with Gasteiger partial charge < -0.3 is 4.52 Å². The highest BCUT2D eigenvalue weighted by molar-refractivity contribution is 5.55. The van der Waals surface area contributed by atoms with Crippen molar-refractivity contribution >= 4 is 5.70 Å². The summed E-state index contributed by atoms with van der Waals surface area (Å²) in [5, 5.41) is 12.2. The summed E-state index contributed by atoms with van der Waals surface area (Å²) < 4.78 is 7.05. The van der Waals surface area contributed by atoms with Gasteiger partial charge in [-0.15, -0.1) is 5.10 Å². The first kappa shape index (κ1) is 12.1. The molecule has 2 aromatic heterocycles. The van der Waals surface area contributed by atoms with Crippen LogP contribution in [0, 0.1) is 6.92 Å². The van der Waals surface area contributed by atoms with E-state index in [9.17, 15) is 0 Å². The van der Waals surface area contributed by atoms with E-state index in [1.54, 1.807) is 6.92 Å². The first-order valence-electron chi connectivity index (χ1n) is 6.59. The normalized spacial score (nSPS) is 16.1. The van der Waals surface area contributed by atoms with Crippen molar-refractivity contribution in [2.24, 2.45) is 0 Å². The van der Waals surface area contributed by atoms with Crippen molar-refractivity contribution in [3.63, 3.8) is 0 Å². The number of allylic oxidation sites excluding steroid dienone is 1. The van der Waals surface area contributed by atoms with Crippen LogP contribution in [-0.4, -0.2) is 25.1 Å². The van der Waals surface area contributed by atoms with Crippen LogP contribution in [0.15, 0.2) is 11.1 Å². The lowest BCUT2D eigenvalue weighted by Gasteiger charge is -2.12. The van der Waals surface area contributed by atoms with Gasteiger partial charge in [0, 0.05) is 11.6 Å². The largest absolute Gasteiger partial charge is 0.332 e. The van der Waals surface area contributed by atoms with Crippen LogP contribution in [0.4, 0.5) is 0 Å². The Morgan fingerprint density at radius 3 is 2.68 bits per heavy atom. The van der Waals surface area contributed by atoms with E-state index < -0.39 is 0 Å². The topological polar surface area (TPSA) is 69.6 Å². The lowest BCUT2D eigenvalue weighted by atomic mass is 10.0. The molecule has 0 unspecified atom stereocenters. The van der Waals surface area contributed by atoms with E-state index in [0.29, 0.717) is 23.3 Å². The van der Waals surface area contributed by atoms with Crippen molar-refractivity contribution in [2.45, 2.75) is 45.4 Å². The summed E-state index contributed by atoms with van der Waals surface area (Å²) in [7, 11) is 0. The number of hydrogen-bond donors (Lipinski definition) is 0. The predicted molar refractivity (Wildman–Crippen MR) is 70.3 cm³/mol. The molecule has 0 radical (unpaired) electrons. The van der Waals surface area contributed by atoms with E-state index in [2.05, 4.69) is 27.0 Å². The van der Waals surface area contributed by atoms with E-state index in [4.69, 9.17) is 4.52 Å². The Morgan fingerprint density at radius 2 is 2.11 bits per heavy atom. The van der Waals surface area contributed by atoms with Crippen LogP contribution < -0.4 is 0 Å². The number of nitrogens with zero attached hydrogens (tertiary/aromatic N) is 5. The monoisotopic (exact) mass is 259 g/mol. The molecule has 0 spiro atoms. The zero-order valence-corrected chi connectivity index (χ0v) is 11.3. The van der Waals surface area contributed by atoms with Gasteiger partial charge in [-0.25, -0.2) is 4.68 Å². The minimum absolute atomic E-state index is 0.451. The van der Waals surface area contributed by atoms with E-state index in [0.717, 1.165) is 24.2 Å². The Balaban J connectivity index is 2.11. The third kappa shape index (κ3) is 2.07. The van der Waals surface area contributed by atoms with E-state index >= 15 is 0 Å². The Labute approximate surface area is 111 Å². The number of aryl methyl sites for hydroxylation is 1. The summed E-state index contributed by atoms with van der Waals surface area (Å²) in [5.41, 5.74) is 2.63. The zero-order chi connectivity index (χ0) is 13.4. The molecule has 0 N–H and O–H groups in total. The van der Waals surface area contributed by atoms with Crippen LogP contribution in [0.3, 0.4) is 0 Å². The summed E-state index contributed by atoms with van der Waals surface area (Å²) in [5.74, 6) is 1.51. The van der Waals surface area contributed by atoms with Crippen molar-refractivity contribution in [1.82, 2.24) is 25.1 Å². The number of hydrogen-bond acceptors (Lipinski definition) is 5. The first-order chi connectivity index (χ1) is 9.16.